The van der Waals surface area contributed by atoms with Gasteiger partial charge in [-0.15, -0.1) is 0 Å². The van der Waals surface area contributed by atoms with Gasteiger partial charge in [-0.1, -0.05) is 12.1 Å². The van der Waals surface area contributed by atoms with Crippen LogP contribution in [0.4, 0.5) is 0 Å². The highest BCUT2D eigenvalue weighted by Gasteiger charge is 2.26. The summed E-state index contributed by atoms with van der Waals surface area (Å²) in [5.74, 6) is 0.733. The SMILES string of the molecule is CCCOC1CCC(CC(=O)NN(Cc2ccnc(S(=O)(=O)c3ccc(OC)cc3)c2)OC(C)(C)C)CC1. The van der Waals surface area contributed by atoms with Crippen LogP contribution in [0, 0.1) is 5.92 Å². The monoisotopic (exact) mass is 547 g/mol. The molecule has 0 atom stereocenters. The third-order valence-electron chi connectivity index (χ3n) is 6.23. The molecule has 1 aromatic heterocycles. The number of sulfone groups is 1. The second-order valence-electron chi connectivity index (χ2n) is 10.7. The van der Waals surface area contributed by atoms with Crippen LogP contribution in [0.2, 0.25) is 0 Å². The van der Waals surface area contributed by atoms with Gasteiger partial charge in [-0.05, 0) is 101 Å². The summed E-state index contributed by atoms with van der Waals surface area (Å²) in [5.41, 5.74) is 2.93. The Bertz CT molecular complexity index is 1140. The first-order chi connectivity index (χ1) is 18.0. The third-order valence-corrected chi connectivity index (χ3v) is 7.90. The van der Waals surface area contributed by atoms with Crippen molar-refractivity contribution in [1.29, 1.82) is 0 Å². The lowest BCUT2D eigenvalue weighted by molar-refractivity contribution is -0.261. The Labute approximate surface area is 226 Å². The number of nitrogens with zero attached hydrogens (tertiary/aromatic N) is 2. The molecule has 1 heterocycles. The van der Waals surface area contributed by atoms with E-state index < -0.39 is 15.4 Å². The Morgan fingerprint density at radius 1 is 1.11 bits per heavy atom. The largest absolute Gasteiger partial charge is 0.497 e. The van der Waals surface area contributed by atoms with Gasteiger partial charge < -0.3 is 9.47 Å². The maximum Gasteiger partial charge on any atom is 0.236 e. The van der Waals surface area contributed by atoms with E-state index in [1.54, 1.807) is 18.2 Å². The van der Waals surface area contributed by atoms with E-state index in [0.717, 1.165) is 38.7 Å². The van der Waals surface area contributed by atoms with Crippen LogP contribution in [0.3, 0.4) is 0 Å². The van der Waals surface area contributed by atoms with Gasteiger partial charge in [0, 0.05) is 19.2 Å². The van der Waals surface area contributed by atoms with E-state index in [2.05, 4.69) is 17.3 Å². The number of benzene rings is 1. The predicted molar refractivity (Wildman–Crippen MR) is 144 cm³/mol. The van der Waals surface area contributed by atoms with E-state index in [1.165, 1.54) is 36.7 Å². The molecule has 10 heteroatoms. The second kappa shape index (κ2) is 13.5. The minimum absolute atomic E-state index is 0.0794. The normalized spacial score (nSPS) is 18.4. The molecule has 0 spiro atoms. The summed E-state index contributed by atoms with van der Waals surface area (Å²) in [5, 5.41) is 1.31. The van der Waals surface area contributed by atoms with E-state index in [-0.39, 0.29) is 22.4 Å². The van der Waals surface area contributed by atoms with Crippen molar-refractivity contribution in [1.82, 2.24) is 15.6 Å². The predicted octanol–water partition coefficient (Wildman–Crippen LogP) is 4.86. The second-order valence-corrected chi connectivity index (χ2v) is 12.6. The molecule has 1 fully saturated rings. The minimum atomic E-state index is -3.83. The maximum absolute atomic E-state index is 13.2. The first-order valence-electron chi connectivity index (χ1n) is 13.2. The maximum atomic E-state index is 13.2. The van der Waals surface area contributed by atoms with Crippen LogP contribution >= 0.6 is 0 Å². The molecule has 0 saturated heterocycles. The number of aromatic nitrogens is 1. The highest BCUT2D eigenvalue weighted by molar-refractivity contribution is 7.91. The molecular weight excluding hydrogens is 506 g/mol. The van der Waals surface area contributed by atoms with Crippen LogP contribution < -0.4 is 10.2 Å². The van der Waals surface area contributed by atoms with Gasteiger partial charge in [-0.2, -0.15) is 0 Å². The minimum Gasteiger partial charge on any atom is -0.497 e. The van der Waals surface area contributed by atoms with Crippen molar-refractivity contribution in [3.63, 3.8) is 0 Å². The molecule has 1 aromatic carbocycles. The summed E-state index contributed by atoms with van der Waals surface area (Å²) < 4.78 is 37.3. The standard InChI is InChI=1S/C28H41N3O6S/c1-6-17-36-24-9-7-21(8-10-24)18-26(32)30-31(37-28(2,3)4)20-22-15-16-29-27(19-22)38(33,34)25-13-11-23(35-5)12-14-25/h11-16,19,21,24H,6-10,17-18,20H2,1-5H3,(H,30,32). The highest BCUT2D eigenvalue weighted by atomic mass is 32.2. The van der Waals surface area contributed by atoms with Crippen molar-refractivity contribution in [2.45, 2.75) is 94.4 Å². The average Bonchev–Trinajstić information content (AvgIpc) is 2.87. The molecular formula is C28H41N3O6S. The number of ether oxygens (including phenoxy) is 2. The molecule has 2 aromatic rings. The number of hydrogen-bond acceptors (Lipinski definition) is 8. The number of carbonyl (C=O) groups is 1. The molecule has 1 saturated carbocycles. The first kappa shape index (κ1) is 30.0. The number of amides is 1. The molecule has 0 aliphatic heterocycles. The van der Waals surface area contributed by atoms with Crippen LogP contribution in [0.25, 0.3) is 0 Å². The number of nitrogens with one attached hydrogen (secondary N) is 1. The van der Waals surface area contributed by atoms with Crippen LogP contribution in [0.15, 0.2) is 52.5 Å². The number of hydroxylamine groups is 1. The zero-order valence-electron chi connectivity index (χ0n) is 23.1. The fourth-order valence-electron chi connectivity index (χ4n) is 4.40. The average molecular weight is 548 g/mol. The fourth-order valence-corrected chi connectivity index (χ4v) is 5.64. The number of rotatable bonds is 12. The van der Waals surface area contributed by atoms with Gasteiger partial charge in [-0.25, -0.2) is 13.4 Å². The molecule has 0 unspecified atom stereocenters. The lowest BCUT2D eigenvalue weighted by atomic mass is 9.85. The van der Waals surface area contributed by atoms with Crippen LogP contribution in [0.1, 0.15) is 71.8 Å². The molecule has 1 amide bonds. The van der Waals surface area contributed by atoms with Gasteiger partial charge in [0.2, 0.25) is 15.7 Å². The van der Waals surface area contributed by atoms with Crippen molar-refractivity contribution >= 4 is 15.7 Å². The number of hydrazine groups is 1. The van der Waals surface area contributed by atoms with Gasteiger partial charge in [0.15, 0.2) is 5.03 Å². The number of hydrogen-bond donors (Lipinski definition) is 1. The van der Waals surface area contributed by atoms with Gasteiger partial charge in [0.05, 0.1) is 30.3 Å². The Morgan fingerprint density at radius 3 is 2.39 bits per heavy atom. The quantitative estimate of drug-likeness (QED) is 0.376. The van der Waals surface area contributed by atoms with Gasteiger partial charge in [0.25, 0.3) is 0 Å². The van der Waals surface area contributed by atoms with Crippen LogP contribution in [0.5, 0.6) is 5.75 Å². The van der Waals surface area contributed by atoms with Crippen LogP contribution in [-0.2, 0) is 30.8 Å². The first-order valence-corrected chi connectivity index (χ1v) is 14.7. The molecule has 38 heavy (non-hydrogen) atoms. The highest BCUT2D eigenvalue weighted by Crippen LogP contribution is 2.29. The Morgan fingerprint density at radius 2 is 1.79 bits per heavy atom. The Balaban J connectivity index is 1.66. The van der Waals surface area contributed by atoms with Crippen LogP contribution in [-0.4, -0.2) is 49.9 Å². The summed E-state index contributed by atoms with van der Waals surface area (Å²) >= 11 is 0. The summed E-state index contributed by atoms with van der Waals surface area (Å²) in [4.78, 5) is 23.1. The molecule has 1 aliphatic carbocycles. The molecule has 9 nitrogen and oxygen atoms in total. The molecule has 1 N–H and O–H groups in total. The third kappa shape index (κ3) is 9.04. The van der Waals surface area contributed by atoms with E-state index in [4.69, 9.17) is 14.3 Å². The van der Waals surface area contributed by atoms with E-state index >= 15 is 0 Å². The number of pyridine rings is 1. The van der Waals surface area contributed by atoms with E-state index in [1.807, 2.05) is 20.8 Å². The van der Waals surface area contributed by atoms with Crippen molar-refractivity contribution in [2.75, 3.05) is 13.7 Å². The number of methoxy groups -OCH3 is 1. The van der Waals surface area contributed by atoms with Gasteiger partial charge in [0.1, 0.15) is 5.75 Å². The topological polar surface area (TPSA) is 107 Å². The Hall–Kier alpha value is -2.53. The van der Waals surface area contributed by atoms with Crippen molar-refractivity contribution in [3.05, 3.63) is 48.2 Å². The summed E-state index contributed by atoms with van der Waals surface area (Å²) in [6, 6.07) is 9.37. The molecule has 3 rings (SSSR count). The van der Waals surface area contributed by atoms with Crippen molar-refractivity contribution < 1.29 is 27.5 Å². The molecule has 0 bridgehead atoms. The van der Waals surface area contributed by atoms with E-state index in [0.29, 0.717) is 29.8 Å². The van der Waals surface area contributed by atoms with Gasteiger partial charge >= 0.3 is 0 Å². The summed E-state index contributed by atoms with van der Waals surface area (Å²) in [6.45, 7) is 8.69. The van der Waals surface area contributed by atoms with Crippen molar-refractivity contribution in [3.8, 4) is 5.75 Å². The fraction of sp³-hybridized carbons (Fsp3) is 0.571. The smallest absolute Gasteiger partial charge is 0.236 e. The summed E-state index contributed by atoms with van der Waals surface area (Å²) in [7, 11) is -2.31. The number of carbonyl (C=O) groups excluding carboxylic acids is 1. The lowest BCUT2D eigenvalue weighted by Gasteiger charge is -2.31. The van der Waals surface area contributed by atoms with Crippen molar-refractivity contribution in [2.24, 2.45) is 5.92 Å². The molecule has 210 valence electrons. The Kier molecular flexibility index (Phi) is 10.7. The molecule has 0 radical (unpaired) electrons. The molecule has 1 aliphatic rings. The summed E-state index contributed by atoms with van der Waals surface area (Å²) in [6.07, 6.45) is 7.02. The van der Waals surface area contributed by atoms with Gasteiger partial charge in [-0.3, -0.25) is 15.1 Å². The zero-order valence-corrected chi connectivity index (χ0v) is 23.9. The van der Waals surface area contributed by atoms with E-state index in [9.17, 15) is 13.2 Å². The zero-order chi connectivity index (χ0) is 27.8. The lowest BCUT2D eigenvalue weighted by Crippen LogP contribution is -2.46.